The molecule has 0 saturated heterocycles. The van der Waals surface area contributed by atoms with E-state index < -0.39 is 0 Å². The highest BCUT2D eigenvalue weighted by atomic mass is 35.5. The first-order chi connectivity index (χ1) is 7.77. The SMILES string of the molecule is Clc1ccccc1/C=C/c1ccccc1Cl. The third kappa shape index (κ3) is 2.66. The van der Waals surface area contributed by atoms with Gasteiger partial charge in [0, 0.05) is 10.0 Å². The average molecular weight is 249 g/mol. The van der Waals surface area contributed by atoms with E-state index in [2.05, 4.69) is 0 Å². The normalized spacial score (nSPS) is 10.9. The molecule has 0 bridgehead atoms. The van der Waals surface area contributed by atoms with Gasteiger partial charge in [0.25, 0.3) is 0 Å². The lowest BCUT2D eigenvalue weighted by molar-refractivity contribution is 1.64. The maximum Gasteiger partial charge on any atom is 0.0478 e. The summed E-state index contributed by atoms with van der Waals surface area (Å²) in [5.74, 6) is 0. The monoisotopic (exact) mass is 248 g/mol. The highest BCUT2D eigenvalue weighted by Crippen LogP contribution is 2.21. The van der Waals surface area contributed by atoms with E-state index in [0.717, 1.165) is 21.2 Å². The molecule has 0 fully saturated rings. The highest BCUT2D eigenvalue weighted by Gasteiger charge is 1.95. The summed E-state index contributed by atoms with van der Waals surface area (Å²) >= 11 is 12.1. The molecule has 16 heavy (non-hydrogen) atoms. The van der Waals surface area contributed by atoms with Crippen molar-refractivity contribution in [1.29, 1.82) is 0 Å². The topological polar surface area (TPSA) is 0 Å². The van der Waals surface area contributed by atoms with E-state index >= 15 is 0 Å². The van der Waals surface area contributed by atoms with Crippen LogP contribution in [-0.2, 0) is 0 Å². The van der Waals surface area contributed by atoms with E-state index in [9.17, 15) is 0 Å². The van der Waals surface area contributed by atoms with Gasteiger partial charge in [-0.1, -0.05) is 71.8 Å². The molecule has 0 radical (unpaired) electrons. The van der Waals surface area contributed by atoms with Gasteiger partial charge < -0.3 is 0 Å². The number of hydrogen-bond acceptors (Lipinski definition) is 0. The summed E-state index contributed by atoms with van der Waals surface area (Å²) in [6, 6.07) is 15.4. The van der Waals surface area contributed by atoms with Crippen LogP contribution in [0.25, 0.3) is 12.2 Å². The molecule has 80 valence electrons. The predicted molar refractivity (Wildman–Crippen MR) is 71.8 cm³/mol. The van der Waals surface area contributed by atoms with Crippen molar-refractivity contribution in [3.05, 3.63) is 69.7 Å². The predicted octanol–water partition coefficient (Wildman–Crippen LogP) is 5.16. The van der Waals surface area contributed by atoms with Crippen LogP contribution in [0.15, 0.2) is 48.5 Å². The Bertz CT molecular complexity index is 468. The third-order valence-electron chi connectivity index (χ3n) is 2.25. The minimum absolute atomic E-state index is 0.741. The maximum absolute atomic E-state index is 6.05. The number of benzene rings is 2. The maximum atomic E-state index is 6.05. The van der Waals surface area contributed by atoms with Crippen molar-refractivity contribution in [3.8, 4) is 0 Å². The van der Waals surface area contributed by atoms with Crippen molar-refractivity contribution < 1.29 is 0 Å². The second-order valence-electron chi connectivity index (χ2n) is 3.38. The zero-order chi connectivity index (χ0) is 11.4. The van der Waals surface area contributed by atoms with Gasteiger partial charge in [-0.25, -0.2) is 0 Å². The lowest BCUT2D eigenvalue weighted by Gasteiger charge is -1.98. The van der Waals surface area contributed by atoms with E-state index in [1.54, 1.807) is 0 Å². The minimum atomic E-state index is 0.741. The fourth-order valence-corrected chi connectivity index (χ4v) is 1.80. The second kappa shape index (κ2) is 5.20. The minimum Gasteiger partial charge on any atom is -0.0837 e. The first-order valence-corrected chi connectivity index (χ1v) is 5.70. The molecule has 0 aliphatic heterocycles. The van der Waals surface area contributed by atoms with E-state index in [1.807, 2.05) is 60.7 Å². The van der Waals surface area contributed by atoms with Crippen molar-refractivity contribution in [1.82, 2.24) is 0 Å². The van der Waals surface area contributed by atoms with Crippen LogP contribution in [0.1, 0.15) is 11.1 Å². The van der Waals surface area contributed by atoms with Crippen molar-refractivity contribution in [2.45, 2.75) is 0 Å². The molecule has 0 spiro atoms. The average Bonchev–Trinajstić information content (AvgIpc) is 2.30. The molecule has 0 amide bonds. The van der Waals surface area contributed by atoms with Crippen LogP contribution in [0, 0.1) is 0 Å². The summed E-state index contributed by atoms with van der Waals surface area (Å²) in [6.45, 7) is 0. The number of rotatable bonds is 2. The smallest absolute Gasteiger partial charge is 0.0478 e. The summed E-state index contributed by atoms with van der Waals surface area (Å²) in [5.41, 5.74) is 1.98. The molecule has 0 atom stereocenters. The molecular weight excluding hydrogens is 239 g/mol. The van der Waals surface area contributed by atoms with E-state index in [0.29, 0.717) is 0 Å². The Hall–Kier alpha value is -1.24. The molecule has 0 aromatic heterocycles. The first kappa shape index (κ1) is 11.3. The molecule has 2 heteroatoms. The molecule has 0 aliphatic carbocycles. The fourth-order valence-electron chi connectivity index (χ4n) is 1.40. The van der Waals surface area contributed by atoms with Crippen LogP contribution in [-0.4, -0.2) is 0 Å². The molecule has 2 aromatic rings. The van der Waals surface area contributed by atoms with Crippen molar-refractivity contribution in [3.63, 3.8) is 0 Å². The Morgan fingerprint density at radius 3 is 1.38 bits per heavy atom. The lowest BCUT2D eigenvalue weighted by Crippen LogP contribution is -1.75. The Balaban J connectivity index is 2.29. The number of hydrogen-bond donors (Lipinski definition) is 0. The quantitative estimate of drug-likeness (QED) is 0.644. The summed E-state index contributed by atoms with van der Waals surface area (Å²) in [4.78, 5) is 0. The Labute approximate surface area is 105 Å². The summed E-state index contributed by atoms with van der Waals surface area (Å²) in [5, 5.41) is 1.48. The van der Waals surface area contributed by atoms with Crippen LogP contribution < -0.4 is 0 Å². The van der Waals surface area contributed by atoms with Gasteiger partial charge in [0.05, 0.1) is 0 Å². The zero-order valence-corrected chi connectivity index (χ0v) is 10.0. The summed E-state index contributed by atoms with van der Waals surface area (Å²) < 4.78 is 0. The van der Waals surface area contributed by atoms with Crippen LogP contribution in [0.2, 0.25) is 10.0 Å². The van der Waals surface area contributed by atoms with Crippen molar-refractivity contribution in [2.75, 3.05) is 0 Å². The van der Waals surface area contributed by atoms with Gasteiger partial charge in [-0.15, -0.1) is 0 Å². The van der Waals surface area contributed by atoms with Gasteiger partial charge in [-0.2, -0.15) is 0 Å². The largest absolute Gasteiger partial charge is 0.0837 e. The van der Waals surface area contributed by atoms with Crippen molar-refractivity contribution in [2.24, 2.45) is 0 Å². The van der Waals surface area contributed by atoms with Crippen LogP contribution >= 0.6 is 23.2 Å². The molecule has 0 aliphatic rings. The Morgan fingerprint density at radius 2 is 1.00 bits per heavy atom. The molecule has 2 rings (SSSR count). The lowest BCUT2D eigenvalue weighted by atomic mass is 10.1. The van der Waals surface area contributed by atoms with Gasteiger partial charge in [-0.3, -0.25) is 0 Å². The molecule has 0 nitrogen and oxygen atoms in total. The summed E-state index contributed by atoms with van der Waals surface area (Å²) in [7, 11) is 0. The first-order valence-electron chi connectivity index (χ1n) is 4.94. The summed E-state index contributed by atoms with van der Waals surface area (Å²) in [6.07, 6.45) is 3.92. The Kier molecular flexibility index (Phi) is 3.66. The van der Waals surface area contributed by atoms with Gasteiger partial charge >= 0.3 is 0 Å². The molecule has 0 N–H and O–H groups in total. The van der Waals surface area contributed by atoms with Crippen molar-refractivity contribution >= 4 is 35.4 Å². The Morgan fingerprint density at radius 1 is 0.625 bits per heavy atom. The van der Waals surface area contributed by atoms with Gasteiger partial charge in [0.2, 0.25) is 0 Å². The molecule has 0 saturated carbocycles. The molecular formula is C14H10Cl2. The van der Waals surface area contributed by atoms with Crippen LogP contribution in [0.4, 0.5) is 0 Å². The van der Waals surface area contributed by atoms with E-state index in [-0.39, 0.29) is 0 Å². The molecule has 2 aromatic carbocycles. The van der Waals surface area contributed by atoms with Gasteiger partial charge in [-0.05, 0) is 23.3 Å². The third-order valence-corrected chi connectivity index (χ3v) is 2.94. The van der Waals surface area contributed by atoms with Crippen LogP contribution in [0.3, 0.4) is 0 Å². The number of halogens is 2. The fraction of sp³-hybridized carbons (Fsp3) is 0. The van der Waals surface area contributed by atoms with E-state index in [4.69, 9.17) is 23.2 Å². The standard InChI is InChI=1S/C14H10Cl2/c15-13-7-3-1-5-11(13)9-10-12-6-2-4-8-14(12)16/h1-10H/b10-9+. The zero-order valence-electron chi connectivity index (χ0n) is 8.53. The van der Waals surface area contributed by atoms with E-state index in [1.165, 1.54) is 0 Å². The highest BCUT2D eigenvalue weighted by molar-refractivity contribution is 6.33. The molecule has 0 unspecified atom stereocenters. The van der Waals surface area contributed by atoms with Gasteiger partial charge in [0.1, 0.15) is 0 Å². The molecule has 0 heterocycles. The second-order valence-corrected chi connectivity index (χ2v) is 4.19. The van der Waals surface area contributed by atoms with Gasteiger partial charge in [0.15, 0.2) is 0 Å². The van der Waals surface area contributed by atoms with Crippen LogP contribution in [0.5, 0.6) is 0 Å².